The lowest BCUT2D eigenvalue weighted by molar-refractivity contribution is -0.139. The Bertz CT molecular complexity index is 534. The van der Waals surface area contributed by atoms with E-state index in [1.165, 1.54) is 11.8 Å². The van der Waals surface area contributed by atoms with Crippen LogP contribution in [0.25, 0.3) is 0 Å². The van der Waals surface area contributed by atoms with E-state index in [2.05, 4.69) is 5.32 Å². The summed E-state index contributed by atoms with van der Waals surface area (Å²) >= 11 is 1.50. The van der Waals surface area contributed by atoms with Crippen LogP contribution >= 0.6 is 11.8 Å². The van der Waals surface area contributed by atoms with E-state index in [9.17, 15) is 9.59 Å². The lowest BCUT2D eigenvalue weighted by Gasteiger charge is -2.31. The van der Waals surface area contributed by atoms with Crippen LogP contribution in [0.15, 0.2) is 29.2 Å². The van der Waals surface area contributed by atoms with Crippen molar-refractivity contribution in [3.8, 4) is 0 Å². The second-order valence-electron chi connectivity index (χ2n) is 5.77. The molecule has 1 rings (SSSR count). The van der Waals surface area contributed by atoms with Crippen molar-refractivity contribution in [3.05, 3.63) is 24.3 Å². The predicted molar refractivity (Wildman–Crippen MR) is 96.3 cm³/mol. The third-order valence-corrected chi connectivity index (χ3v) is 4.59. The van der Waals surface area contributed by atoms with Crippen molar-refractivity contribution in [2.75, 3.05) is 25.1 Å². The second kappa shape index (κ2) is 9.45. The molecule has 23 heavy (non-hydrogen) atoms. The summed E-state index contributed by atoms with van der Waals surface area (Å²) in [6, 6.07) is 7.05. The van der Waals surface area contributed by atoms with Crippen LogP contribution in [0.2, 0.25) is 0 Å². The van der Waals surface area contributed by atoms with Gasteiger partial charge in [-0.2, -0.15) is 0 Å². The minimum Gasteiger partial charge on any atom is -0.398 e. The summed E-state index contributed by atoms with van der Waals surface area (Å²) in [5.41, 5.74) is 6.64. The van der Waals surface area contributed by atoms with Crippen molar-refractivity contribution in [1.82, 2.24) is 10.2 Å². The van der Waals surface area contributed by atoms with Gasteiger partial charge in [-0.05, 0) is 18.1 Å². The zero-order chi connectivity index (χ0) is 17.4. The lowest BCUT2D eigenvalue weighted by atomic mass is 10.1. The molecule has 0 radical (unpaired) electrons. The van der Waals surface area contributed by atoms with Crippen LogP contribution in [-0.2, 0) is 9.59 Å². The van der Waals surface area contributed by atoms with Gasteiger partial charge in [-0.25, -0.2) is 0 Å². The van der Waals surface area contributed by atoms with E-state index >= 15 is 0 Å². The van der Waals surface area contributed by atoms with Crippen molar-refractivity contribution in [1.29, 1.82) is 0 Å². The van der Waals surface area contributed by atoms with Crippen LogP contribution < -0.4 is 11.1 Å². The standard InChI is InChI=1S/C17H27N3O2S/c1-5-16(21)20(10-12(2)3)14(17(22)19-4)11-23-15-9-7-6-8-13(15)18/h6-9,12,14H,5,10-11,18H2,1-4H3,(H,19,22)/t14-/m0/s1. The van der Waals surface area contributed by atoms with Gasteiger partial charge in [0.1, 0.15) is 6.04 Å². The molecule has 0 bridgehead atoms. The average Bonchev–Trinajstić information content (AvgIpc) is 2.53. The van der Waals surface area contributed by atoms with E-state index in [-0.39, 0.29) is 11.8 Å². The van der Waals surface area contributed by atoms with Crippen molar-refractivity contribution >= 4 is 29.3 Å². The van der Waals surface area contributed by atoms with Gasteiger partial charge < -0.3 is 16.0 Å². The maximum Gasteiger partial charge on any atom is 0.243 e. The number of benzene rings is 1. The molecule has 1 atom stereocenters. The maximum absolute atomic E-state index is 12.3. The number of para-hydroxylation sites is 1. The van der Waals surface area contributed by atoms with Gasteiger partial charge in [0.05, 0.1) is 0 Å². The number of hydrogen-bond donors (Lipinski definition) is 2. The Labute approximate surface area is 143 Å². The Morgan fingerprint density at radius 2 is 1.96 bits per heavy atom. The number of carbonyl (C=O) groups is 2. The van der Waals surface area contributed by atoms with E-state index in [1.807, 2.05) is 45.0 Å². The molecule has 1 aromatic carbocycles. The van der Waals surface area contributed by atoms with Crippen molar-refractivity contribution in [3.63, 3.8) is 0 Å². The molecule has 0 aliphatic rings. The van der Waals surface area contributed by atoms with Crippen LogP contribution in [0.5, 0.6) is 0 Å². The third-order valence-electron chi connectivity index (χ3n) is 3.43. The summed E-state index contributed by atoms with van der Waals surface area (Å²) < 4.78 is 0. The summed E-state index contributed by atoms with van der Waals surface area (Å²) in [4.78, 5) is 27.2. The van der Waals surface area contributed by atoms with Crippen molar-refractivity contribution < 1.29 is 9.59 Å². The number of anilines is 1. The number of rotatable bonds is 8. The number of nitrogens with one attached hydrogen (secondary N) is 1. The molecule has 0 aliphatic heterocycles. The lowest BCUT2D eigenvalue weighted by Crippen LogP contribution is -2.51. The quantitative estimate of drug-likeness (QED) is 0.564. The summed E-state index contributed by atoms with van der Waals surface area (Å²) in [5, 5.41) is 2.67. The molecule has 1 aromatic rings. The van der Waals surface area contributed by atoms with Crippen LogP contribution in [0.1, 0.15) is 27.2 Å². The van der Waals surface area contributed by atoms with Gasteiger partial charge in [-0.3, -0.25) is 9.59 Å². The fourth-order valence-electron chi connectivity index (χ4n) is 2.25. The molecule has 0 aliphatic carbocycles. The summed E-state index contributed by atoms with van der Waals surface area (Å²) in [5.74, 6) is 0.625. The van der Waals surface area contributed by atoms with Gasteiger partial charge in [-0.15, -0.1) is 11.8 Å². The van der Waals surface area contributed by atoms with E-state index in [4.69, 9.17) is 5.73 Å². The molecule has 0 saturated heterocycles. The molecule has 6 heteroatoms. The Kier molecular flexibility index (Phi) is 7.95. The first-order valence-electron chi connectivity index (χ1n) is 7.89. The largest absolute Gasteiger partial charge is 0.398 e. The monoisotopic (exact) mass is 337 g/mol. The molecular weight excluding hydrogens is 310 g/mol. The highest BCUT2D eigenvalue weighted by Gasteiger charge is 2.29. The highest BCUT2D eigenvalue weighted by atomic mass is 32.2. The molecule has 0 heterocycles. The minimum absolute atomic E-state index is 0.00562. The molecule has 3 N–H and O–H groups in total. The average molecular weight is 337 g/mol. The van der Waals surface area contributed by atoms with Gasteiger partial charge in [-0.1, -0.05) is 32.9 Å². The van der Waals surface area contributed by atoms with Gasteiger partial charge in [0.2, 0.25) is 11.8 Å². The van der Waals surface area contributed by atoms with Crippen LogP contribution in [-0.4, -0.2) is 42.1 Å². The van der Waals surface area contributed by atoms with Crippen LogP contribution in [0.4, 0.5) is 5.69 Å². The first kappa shape index (κ1) is 19.4. The Hall–Kier alpha value is -1.69. The number of nitrogens with zero attached hydrogens (tertiary/aromatic N) is 1. The molecule has 0 aromatic heterocycles. The number of nitrogen functional groups attached to an aromatic ring is 1. The number of amides is 2. The normalized spacial score (nSPS) is 12.0. The molecule has 0 unspecified atom stereocenters. The Morgan fingerprint density at radius 3 is 2.48 bits per heavy atom. The smallest absolute Gasteiger partial charge is 0.243 e. The second-order valence-corrected chi connectivity index (χ2v) is 6.83. The summed E-state index contributed by atoms with van der Waals surface area (Å²) in [6.45, 7) is 6.47. The number of carbonyl (C=O) groups excluding carboxylic acids is 2. The van der Waals surface area contributed by atoms with Crippen LogP contribution in [0, 0.1) is 5.92 Å². The topological polar surface area (TPSA) is 75.4 Å². The highest BCUT2D eigenvalue weighted by molar-refractivity contribution is 7.99. The molecule has 0 saturated carbocycles. The fourth-order valence-corrected chi connectivity index (χ4v) is 3.33. The number of nitrogens with two attached hydrogens (primary N) is 1. The Morgan fingerprint density at radius 1 is 1.30 bits per heavy atom. The predicted octanol–water partition coefficient (Wildman–Crippen LogP) is 2.37. The van der Waals surface area contributed by atoms with E-state index in [1.54, 1.807) is 11.9 Å². The van der Waals surface area contributed by atoms with Crippen LogP contribution in [0.3, 0.4) is 0 Å². The molecule has 128 valence electrons. The zero-order valence-corrected chi connectivity index (χ0v) is 15.2. The molecule has 5 nitrogen and oxygen atoms in total. The van der Waals surface area contributed by atoms with Crippen molar-refractivity contribution in [2.45, 2.75) is 38.1 Å². The van der Waals surface area contributed by atoms with Gasteiger partial charge >= 0.3 is 0 Å². The van der Waals surface area contributed by atoms with Gasteiger partial charge in [0.15, 0.2) is 0 Å². The SMILES string of the molecule is CCC(=O)N(CC(C)C)[C@@H](CSc1ccccc1N)C(=O)NC. The van der Waals surface area contributed by atoms with E-state index in [0.717, 1.165) is 4.90 Å². The Balaban J connectivity index is 2.95. The molecule has 0 spiro atoms. The zero-order valence-electron chi connectivity index (χ0n) is 14.3. The maximum atomic E-state index is 12.3. The number of thioether (sulfide) groups is 1. The van der Waals surface area contributed by atoms with Gasteiger partial charge in [0.25, 0.3) is 0 Å². The van der Waals surface area contributed by atoms with Gasteiger partial charge in [0, 0.05) is 36.3 Å². The molecule has 0 fully saturated rings. The highest BCUT2D eigenvalue weighted by Crippen LogP contribution is 2.26. The number of hydrogen-bond acceptors (Lipinski definition) is 4. The third kappa shape index (κ3) is 5.78. The summed E-state index contributed by atoms with van der Waals surface area (Å²) in [6.07, 6.45) is 0.387. The van der Waals surface area contributed by atoms with E-state index in [0.29, 0.717) is 30.3 Å². The first-order chi connectivity index (χ1) is 10.9. The first-order valence-corrected chi connectivity index (χ1v) is 8.87. The fraction of sp³-hybridized carbons (Fsp3) is 0.529. The summed E-state index contributed by atoms with van der Waals surface area (Å²) in [7, 11) is 1.60. The number of likely N-dealkylation sites (N-methyl/N-ethyl adjacent to an activating group) is 1. The van der Waals surface area contributed by atoms with E-state index < -0.39 is 6.04 Å². The minimum atomic E-state index is -0.501. The molecule has 2 amide bonds. The molecular formula is C17H27N3O2S. The van der Waals surface area contributed by atoms with Crippen molar-refractivity contribution in [2.24, 2.45) is 5.92 Å².